The summed E-state index contributed by atoms with van der Waals surface area (Å²) in [6.07, 6.45) is 0.0431. The fourth-order valence-corrected chi connectivity index (χ4v) is 2.92. The maximum atomic E-state index is 12.7. The molecule has 0 aliphatic heterocycles. The molecule has 182 valence electrons. The van der Waals surface area contributed by atoms with Crippen LogP contribution in [-0.2, 0) is 38.7 Å². The second kappa shape index (κ2) is 11.8. The fraction of sp³-hybridized carbons (Fsp3) is 0.737. The van der Waals surface area contributed by atoms with E-state index in [1.807, 2.05) is 0 Å². The molecule has 0 bridgehead atoms. The number of nitrogens with zero attached hydrogens (tertiary/aromatic N) is 3. The van der Waals surface area contributed by atoms with Gasteiger partial charge in [-0.15, -0.1) is 0 Å². The predicted molar refractivity (Wildman–Crippen MR) is 124 cm³/mol. The minimum atomic E-state index is -0.940. The number of ether oxygens (including phenoxy) is 2. The monoisotopic (exact) mass is 493 g/mol. The predicted octanol–water partition coefficient (Wildman–Crippen LogP) is -0.553. The molecule has 0 fully saturated rings. The summed E-state index contributed by atoms with van der Waals surface area (Å²) in [6.45, 7) is 4.94. The number of hydrogen-bond acceptors (Lipinski definition) is 10. The van der Waals surface area contributed by atoms with Gasteiger partial charge in [0.25, 0.3) is 0 Å². The summed E-state index contributed by atoms with van der Waals surface area (Å²) in [5.74, 6) is -1.11. The number of thiol groups is 2. The highest BCUT2D eigenvalue weighted by Crippen LogP contribution is 2.17. The summed E-state index contributed by atoms with van der Waals surface area (Å²) in [6, 6.07) is 0. The van der Waals surface area contributed by atoms with E-state index in [0.717, 1.165) is 9.13 Å². The molecule has 0 saturated carbocycles. The summed E-state index contributed by atoms with van der Waals surface area (Å²) in [4.78, 5) is 61.5. The van der Waals surface area contributed by atoms with Crippen LogP contribution in [0.5, 0.6) is 0 Å². The second-order valence-electron chi connectivity index (χ2n) is 8.45. The van der Waals surface area contributed by atoms with Gasteiger partial charge >= 0.3 is 29.0 Å². The van der Waals surface area contributed by atoms with Crippen molar-refractivity contribution in [3.05, 3.63) is 31.5 Å². The van der Waals surface area contributed by atoms with Gasteiger partial charge in [0.1, 0.15) is 13.2 Å². The molecule has 0 spiro atoms. The molecule has 0 aromatic carbocycles. The first-order valence-electron chi connectivity index (χ1n) is 9.97. The Kier molecular flexibility index (Phi) is 10.3. The van der Waals surface area contributed by atoms with Crippen LogP contribution < -0.4 is 17.1 Å². The lowest BCUT2D eigenvalue weighted by atomic mass is 10.1. The van der Waals surface area contributed by atoms with Gasteiger partial charge in [0.05, 0.1) is 39.1 Å². The first kappa shape index (κ1) is 28.0. The first-order valence-corrected chi connectivity index (χ1v) is 10.9. The topological polar surface area (TPSA) is 139 Å². The molecule has 0 amide bonds. The van der Waals surface area contributed by atoms with Gasteiger partial charge in [0.2, 0.25) is 0 Å². The van der Waals surface area contributed by atoms with E-state index in [1.165, 1.54) is 0 Å². The van der Waals surface area contributed by atoms with E-state index >= 15 is 0 Å². The van der Waals surface area contributed by atoms with Gasteiger partial charge in [-0.2, -0.15) is 25.3 Å². The Morgan fingerprint density at radius 1 is 0.750 bits per heavy atom. The van der Waals surface area contributed by atoms with Crippen molar-refractivity contribution < 1.29 is 24.2 Å². The molecule has 0 aliphatic rings. The van der Waals surface area contributed by atoms with Gasteiger partial charge in [-0.05, 0) is 0 Å². The fourth-order valence-electron chi connectivity index (χ4n) is 2.67. The number of aliphatic hydroxyl groups excluding tert-OH is 1. The first-order chi connectivity index (χ1) is 14.7. The number of rotatable bonds is 12. The van der Waals surface area contributed by atoms with E-state index in [-0.39, 0.29) is 45.7 Å². The van der Waals surface area contributed by atoms with E-state index in [2.05, 4.69) is 25.3 Å². The van der Waals surface area contributed by atoms with Gasteiger partial charge in [-0.1, -0.05) is 27.7 Å². The Hall–Kier alpha value is -1.99. The Morgan fingerprint density at radius 3 is 1.34 bits per heavy atom. The summed E-state index contributed by atoms with van der Waals surface area (Å²) in [5.41, 5.74) is -2.82. The van der Waals surface area contributed by atoms with Crippen molar-refractivity contribution in [3.63, 3.8) is 0 Å². The molecule has 0 radical (unpaired) electrons. The van der Waals surface area contributed by atoms with Gasteiger partial charge in [-0.25, -0.2) is 28.1 Å². The molecular weight excluding hydrogens is 462 g/mol. The van der Waals surface area contributed by atoms with Gasteiger partial charge in [0.15, 0.2) is 0 Å². The van der Waals surface area contributed by atoms with Crippen molar-refractivity contribution in [2.24, 2.45) is 0 Å². The summed E-state index contributed by atoms with van der Waals surface area (Å²) >= 11 is 8.48. The zero-order chi connectivity index (χ0) is 24.7. The normalized spacial score (nSPS) is 12.0. The third-order valence-electron chi connectivity index (χ3n) is 4.02. The third kappa shape index (κ3) is 9.25. The van der Waals surface area contributed by atoms with E-state index in [9.17, 15) is 29.1 Å². The molecule has 13 heteroatoms. The lowest BCUT2D eigenvalue weighted by Crippen LogP contribution is -2.55. The van der Waals surface area contributed by atoms with Crippen LogP contribution in [0.4, 0.5) is 0 Å². The number of aromatic nitrogens is 3. The molecule has 32 heavy (non-hydrogen) atoms. The highest BCUT2D eigenvalue weighted by Gasteiger charge is 2.20. The maximum absolute atomic E-state index is 12.7. The van der Waals surface area contributed by atoms with Crippen LogP contribution in [0.25, 0.3) is 0 Å². The zero-order valence-electron chi connectivity index (χ0n) is 18.7. The van der Waals surface area contributed by atoms with Crippen LogP contribution in [0.3, 0.4) is 0 Å². The smallest absolute Gasteiger partial charge is 0.336 e. The summed E-state index contributed by atoms with van der Waals surface area (Å²) in [5, 5.41) is 9.19. The molecule has 0 unspecified atom stereocenters. The number of aliphatic hydroxyl groups is 1. The van der Waals surface area contributed by atoms with Crippen LogP contribution in [0.15, 0.2) is 14.4 Å². The van der Waals surface area contributed by atoms with Crippen molar-refractivity contribution in [3.8, 4) is 0 Å². The molecule has 1 heterocycles. The Morgan fingerprint density at radius 2 is 1.06 bits per heavy atom. The maximum Gasteiger partial charge on any atom is 0.336 e. The average Bonchev–Trinajstić information content (AvgIpc) is 2.61. The van der Waals surface area contributed by atoms with Gasteiger partial charge < -0.3 is 14.6 Å². The van der Waals surface area contributed by atoms with Crippen LogP contribution in [0, 0.1) is 0 Å². The molecule has 1 N–H and O–H groups in total. The minimum absolute atomic E-state index is 0.0215. The summed E-state index contributed by atoms with van der Waals surface area (Å²) in [7, 11) is 0. The van der Waals surface area contributed by atoms with E-state index in [4.69, 9.17) is 9.47 Å². The van der Waals surface area contributed by atoms with Crippen LogP contribution in [-0.4, -0.2) is 60.1 Å². The van der Waals surface area contributed by atoms with Crippen LogP contribution in [0.2, 0.25) is 0 Å². The minimum Gasteiger partial charge on any atom is -0.464 e. The second-order valence-corrected chi connectivity index (χ2v) is 10.9. The largest absolute Gasteiger partial charge is 0.464 e. The highest BCUT2D eigenvalue weighted by molar-refractivity contribution is 7.82. The molecule has 1 aromatic heterocycles. The van der Waals surface area contributed by atoms with Crippen molar-refractivity contribution in [1.29, 1.82) is 0 Å². The van der Waals surface area contributed by atoms with Crippen molar-refractivity contribution in [2.45, 2.75) is 69.7 Å². The molecule has 0 saturated heterocycles. The van der Waals surface area contributed by atoms with Crippen LogP contribution in [0.1, 0.15) is 40.5 Å². The molecule has 1 rings (SSSR count). The molecule has 0 aliphatic carbocycles. The molecule has 0 atom stereocenters. The molecular formula is C19H31N3O8S2. The zero-order valence-corrected chi connectivity index (χ0v) is 20.5. The molecule has 11 nitrogen and oxygen atoms in total. The SMILES string of the molecule is CC(C)(S)CC(=O)OCCn1c(=O)n(CCO)c(=O)n(CCOC(=O)CC(C)(C)S)c1=O. The Balaban J connectivity index is 3.04. The van der Waals surface area contributed by atoms with Gasteiger partial charge in [0, 0.05) is 9.49 Å². The number of esters is 2. The van der Waals surface area contributed by atoms with Crippen LogP contribution >= 0.6 is 25.3 Å². The van der Waals surface area contributed by atoms with Crippen molar-refractivity contribution >= 4 is 37.2 Å². The third-order valence-corrected chi connectivity index (χ3v) is 4.34. The number of carbonyl (C=O) groups is 2. The molecule has 1 aromatic rings. The number of hydrogen-bond donors (Lipinski definition) is 3. The lowest BCUT2D eigenvalue weighted by molar-refractivity contribution is -0.145. The number of carbonyl (C=O) groups excluding carboxylic acids is 2. The van der Waals surface area contributed by atoms with Crippen molar-refractivity contribution in [2.75, 3.05) is 19.8 Å². The lowest BCUT2D eigenvalue weighted by Gasteiger charge is -2.17. The quantitative estimate of drug-likeness (QED) is 0.260. The van der Waals surface area contributed by atoms with Gasteiger partial charge in [-0.3, -0.25) is 9.59 Å². The van der Waals surface area contributed by atoms with E-state index in [1.54, 1.807) is 27.7 Å². The highest BCUT2D eigenvalue weighted by atomic mass is 32.1. The average molecular weight is 494 g/mol. The Labute approximate surface area is 196 Å². The van der Waals surface area contributed by atoms with E-state index < -0.39 is 45.1 Å². The summed E-state index contributed by atoms with van der Waals surface area (Å²) < 4.78 is 11.1. The standard InChI is InChI=1S/C19H31N3O8S2/c1-18(2,31)11-13(24)29-9-6-21-15(26)20(5-8-23)16(27)22(17(21)28)7-10-30-14(25)12-19(3,4)32/h23,31-32H,5-12H2,1-4H3. The van der Waals surface area contributed by atoms with E-state index in [0.29, 0.717) is 4.57 Å². The Bertz CT molecular complexity index is 910. The van der Waals surface area contributed by atoms with Crippen molar-refractivity contribution in [1.82, 2.24) is 13.7 Å².